The number of aryl methyl sites for hydroxylation is 2. The number of carbonyl (C=O) groups is 1. The summed E-state index contributed by atoms with van der Waals surface area (Å²) in [6.07, 6.45) is 3.87. The molecule has 1 amide bonds. The number of nitrogens with one attached hydrogen (secondary N) is 1. The van der Waals surface area contributed by atoms with Crippen molar-refractivity contribution in [2.75, 3.05) is 0 Å². The minimum absolute atomic E-state index is 0.0271. The van der Waals surface area contributed by atoms with E-state index in [-0.39, 0.29) is 17.2 Å². The first-order valence-corrected chi connectivity index (χ1v) is 7.91. The smallest absolute Gasteiger partial charge is 0.223 e. The van der Waals surface area contributed by atoms with Gasteiger partial charge in [0.2, 0.25) is 11.8 Å². The predicted molar refractivity (Wildman–Crippen MR) is 81.3 cm³/mol. The van der Waals surface area contributed by atoms with Crippen LogP contribution in [0, 0.1) is 5.92 Å². The van der Waals surface area contributed by atoms with Crippen LogP contribution < -0.4 is 5.32 Å². The lowest BCUT2D eigenvalue weighted by molar-refractivity contribution is -0.125. The number of nitrogens with zero attached hydrogens (tertiary/aromatic N) is 5. The van der Waals surface area contributed by atoms with Gasteiger partial charge in [-0.05, 0) is 23.3 Å². The number of hydrogen-bond donors (Lipinski definition) is 1. The Morgan fingerprint density at radius 3 is 3.00 bits per heavy atom. The molecular weight excluding hydrogens is 296 g/mol. The van der Waals surface area contributed by atoms with E-state index in [1.807, 2.05) is 0 Å². The fourth-order valence-corrected chi connectivity index (χ4v) is 2.61. The van der Waals surface area contributed by atoms with Crippen LogP contribution in [0.15, 0.2) is 10.7 Å². The molecule has 8 nitrogen and oxygen atoms in total. The topological polar surface area (TPSA) is 98.7 Å². The summed E-state index contributed by atoms with van der Waals surface area (Å²) < 4.78 is 7.21. The number of hydrogen-bond acceptors (Lipinski definition) is 6. The van der Waals surface area contributed by atoms with Crippen molar-refractivity contribution in [3.05, 3.63) is 23.7 Å². The van der Waals surface area contributed by atoms with Gasteiger partial charge >= 0.3 is 0 Å². The monoisotopic (exact) mass is 318 g/mol. The lowest BCUT2D eigenvalue weighted by Gasteiger charge is -2.13. The average Bonchev–Trinajstić information content (AvgIpc) is 3.10. The summed E-state index contributed by atoms with van der Waals surface area (Å²) in [6, 6.07) is 0. The van der Waals surface area contributed by atoms with Gasteiger partial charge in [-0.2, -0.15) is 0 Å². The van der Waals surface area contributed by atoms with Crippen molar-refractivity contribution in [1.29, 1.82) is 0 Å². The average molecular weight is 318 g/mol. The van der Waals surface area contributed by atoms with E-state index >= 15 is 0 Å². The SMILES string of the molecule is CC(C)(C)c1coc(CNC(=O)C2CCc3nnnn3CC2)n1. The van der Waals surface area contributed by atoms with Gasteiger partial charge < -0.3 is 9.73 Å². The molecule has 3 rings (SSSR count). The molecule has 2 aromatic rings. The zero-order valence-corrected chi connectivity index (χ0v) is 13.7. The highest BCUT2D eigenvalue weighted by atomic mass is 16.3. The van der Waals surface area contributed by atoms with Crippen LogP contribution in [-0.2, 0) is 29.7 Å². The second-order valence-electron chi connectivity index (χ2n) is 6.94. The van der Waals surface area contributed by atoms with E-state index in [0.29, 0.717) is 19.0 Å². The molecule has 1 unspecified atom stereocenters. The number of fused-ring (bicyclic) bond motifs is 1. The molecule has 1 atom stereocenters. The number of amides is 1. The van der Waals surface area contributed by atoms with Crippen LogP contribution in [0.2, 0.25) is 0 Å². The zero-order chi connectivity index (χ0) is 16.4. The van der Waals surface area contributed by atoms with Crippen LogP contribution in [0.3, 0.4) is 0 Å². The Balaban J connectivity index is 1.53. The standard InChI is InChI=1S/C15H22N6O2/c1-15(2,3)11-9-23-13(17-11)8-16-14(22)10-4-5-12-18-19-20-21(12)7-6-10/h9-10H,4-8H2,1-3H3,(H,16,22). The number of carbonyl (C=O) groups excluding carboxylic acids is 1. The quantitative estimate of drug-likeness (QED) is 0.914. The summed E-state index contributed by atoms with van der Waals surface area (Å²) in [5, 5.41) is 14.5. The van der Waals surface area contributed by atoms with E-state index in [1.54, 1.807) is 10.9 Å². The third-order valence-electron chi connectivity index (χ3n) is 4.12. The molecule has 0 spiro atoms. The molecule has 0 saturated heterocycles. The molecule has 0 aromatic carbocycles. The third kappa shape index (κ3) is 3.57. The van der Waals surface area contributed by atoms with E-state index in [4.69, 9.17) is 4.42 Å². The van der Waals surface area contributed by atoms with Crippen molar-refractivity contribution in [1.82, 2.24) is 30.5 Å². The summed E-state index contributed by atoms with van der Waals surface area (Å²) in [5.74, 6) is 1.37. The normalized spacial score (nSPS) is 18.3. The van der Waals surface area contributed by atoms with Crippen molar-refractivity contribution in [2.45, 2.75) is 58.5 Å². The third-order valence-corrected chi connectivity index (χ3v) is 4.12. The summed E-state index contributed by atoms with van der Waals surface area (Å²) in [6.45, 7) is 7.21. The summed E-state index contributed by atoms with van der Waals surface area (Å²) in [5.41, 5.74) is 0.828. The Morgan fingerprint density at radius 1 is 1.43 bits per heavy atom. The second-order valence-corrected chi connectivity index (χ2v) is 6.94. The Labute approximate surface area is 134 Å². The van der Waals surface area contributed by atoms with Crippen molar-refractivity contribution in [3.8, 4) is 0 Å². The molecule has 0 bridgehead atoms. The summed E-state index contributed by atoms with van der Waals surface area (Å²) in [4.78, 5) is 16.8. The molecule has 1 aliphatic rings. The molecule has 0 aliphatic carbocycles. The van der Waals surface area contributed by atoms with Gasteiger partial charge in [0.25, 0.3) is 0 Å². The van der Waals surface area contributed by atoms with Gasteiger partial charge in [0.1, 0.15) is 6.26 Å². The fourth-order valence-electron chi connectivity index (χ4n) is 2.61. The highest BCUT2D eigenvalue weighted by Gasteiger charge is 2.24. The van der Waals surface area contributed by atoms with Crippen LogP contribution in [0.1, 0.15) is 51.0 Å². The van der Waals surface area contributed by atoms with Gasteiger partial charge in [-0.3, -0.25) is 4.79 Å². The van der Waals surface area contributed by atoms with Gasteiger partial charge in [0.05, 0.1) is 12.2 Å². The predicted octanol–water partition coefficient (Wildman–Crippen LogP) is 1.23. The fraction of sp³-hybridized carbons (Fsp3) is 0.667. The van der Waals surface area contributed by atoms with Crippen LogP contribution in [0.25, 0.3) is 0 Å². The van der Waals surface area contributed by atoms with Gasteiger partial charge in [0, 0.05) is 24.3 Å². The largest absolute Gasteiger partial charge is 0.447 e. The number of rotatable bonds is 3. The van der Waals surface area contributed by atoms with E-state index < -0.39 is 0 Å². The number of aromatic nitrogens is 5. The molecule has 8 heteroatoms. The van der Waals surface area contributed by atoms with E-state index in [1.165, 1.54) is 0 Å². The molecule has 1 N–H and O–H groups in total. The molecule has 124 valence electrons. The Bertz CT molecular complexity index is 662. The van der Waals surface area contributed by atoms with E-state index in [2.05, 4.69) is 46.6 Å². The van der Waals surface area contributed by atoms with Crippen molar-refractivity contribution >= 4 is 5.91 Å². The van der Waals surface area contributed by atoms with Crippen LogP contribution >= 0.6 is 0 Å². The molecule has 0 fully saturated rings. The van der Waals surface area contributed by atoms with E-state index in [9.17, 15) is 4.79 Å². The minimum atomic E-state index is -0.0610. The Kier molecular flexibility index (Phi) is 4.14. The molecule has 2 aromatic heterocycles. The summed E-state index contributed by atoms with van der Waals surface area (Å²) >= 11 is 0. The lowest BCUT2D eigenvalue weighted by atomic mass is 9.93. The molecule has 3 heterocycles. The van der Waals surface area contributed by atoms with Crippen molar-refractivity contribution < 1.29 is 9.21 Å². The maximum Gasteiger partial charge on any atom is 0.223 e. The highest BCUT2D eigenvalue weighted by molar-refractivity contribution is 5.78. The molecule has 1 aliphatic heterocycles. The second kappa shape index (κ2) is 6.10. The van der Waals surface area contributed by atoms with Crippen LogP contribution in [-0.4, -0.2) is 31.1 Å². The van der Waals surface area contributed by atoms with Crippen molar-refractivity contribution in [2.24, 2.45) is 5.92 Å². The number of oxazole rings is 1. The Hall–Kier alpha value is -2.25. The van der Waals surface area contributed by atoms with Crippen molar-refractivity contribution in [3.63, 3.8) is 0 Å². The lowest BCUT2D eigenvalue weighted by Crippen LogP contribution is -2.30. The molecule has 23 heavy (non-hydrogen) atoms. The molecular formula is C15H22N6O2. The maximum absolute atomic E-state index is 12.4. The highest BCUT2D eigenvalue weighted by Crippen LogP contribution is 2.21. The first kappa shape index (κ1) is 15.6. The van der Waals surface area contributed by atoms with E-state index in [0.717, 1.165) is 30.8 Å². The van der Waals surface area contributed by atoms with Crippen LogP contribution in [0.5, 0.6) is 0 Å². The zero-order valence-electron chi connectivity index (χ0n) is 13.7. The summed E-state index contributed by atoms with van der Waals surface area (Å²) in [7, 11) is 0. The molecule has 0 saturated carbocycles. The van der Waals surface area contributed by atoms with Gasteiger partial charge in [0.15, 0.2) is 5.82 Å². The first-order chi connectivity index (χ1) is 10.9. The first-order valence-electron chi connectivity index (χ1n) is 7.91. The van der Waals surface area contributed by atoms with Gasteiger partial charge in [-0.1, -0.05) is 20.8 Å². The van der Waals surface area contributed by atoms with Crippen LogP contribution in [0.4, 0.5) is 0 Å². The molecule has 0 radical (unpaired) electrons. The van der Waals surface area contributed by atoms with Gasteiger partial charge in [-0.15, -0.1) is 5.10 Å². The maximum atomic E-state index is 12.4. The Morgan fingerprint density at radius 2 is 2.26 bits per heavy atom. The van der Waals surface area contributed by atoms with Gasteiger partial charge in [-0.25, -0.2) is 9.67 Å². The minimum Gasteiger partial charge on any atom is -0.447 e. The number of tetrazole rings is 1.